The number of rotatable bonds is 5. The Kier molecular flexibility index (Phi) is 5.02. The number of hydrogen-bond acceptors (Lipinski definition) is 3. The zero-order valence-electron chi connectivity index (χ0n) is 9.53. The zero-order chi connectivity index (χ0) is 11.3. The monoisotopic (exact) mass is 235 g/mol. The number of sulfonamides is 1. The van der Waals surface area contributed by atoms with E-state index >= 15 is 0 Å². The van der Waals surface area contributed by atoms with Crippen LogP contribution in [0.25, 0.3) is 0 Å². The van der Waals surface area contributed by atoms with E-state index < -0.39 is 10.0 Å². The Morgan fingerprint density at radius 1 is 1.33 bits per heavy atom. The highest BCUT2D eigenvalue weighted by Gasteiger charge is 2.26. The second-order valence-corrected chi connectivity index (χ2v) is 6.25. The zero-order valence-corrected chi connectivity index (χ0v) is 10.3. The minimum atomic E-state index is -3.12. The lowest BCUT2D eigenvalue weighted by molar-refractivity contribution is 0.122. The first-order valence-electron chi connectivity index (χ1n) is 5.57. The first kappa shape index (κ1) is 12.9. The molecule has 0 aromatic rings. The number of nitrogens with one attached hydrogen (secondary N) is 1. The third-order valence-electron chi connectivity index (χ3n) is 2.97. The van der Waals surface area contributed by atoms with Crippen molar-refractivity contribution in [2.75, 3.05) is 13.7 Å². The van der Waals surface area contributed by atoms with Gasteiger partial charge in [0.1, 0.15) is 0 Å². The van der Waals surface area contributed by atoms with Crippen LogP contribution in [0.5, 0.6) is 0 Å². The molecule has 5 heteroatoms. The quantitative estimate of drug-likeness (QED) is 0.781. The van der Waals surface area contributed by atoms with Crippen LogP contribution < -0.4 is 4.72 Å². The van der Waals surface area contributed by atoms with Crippen molar-refractivity contribution in [1.29, 1.82) is 0 Å². The Bertz CT molecular complexity index is 270. The molecule has 0 saturated heterocycles. The fourth-order valence-electron chi connectivity index (χ4n) is 1.81. The summed E-state index contributed by atoms with van der Waals surface area (Å²) in [5.74, 6) is 0. The van der Waals surface area contributed by atoms with E-state index in [0.717, 1.165) is 25.7 Å². The number of ether oxygens (including phenoxy) is 1. The van der Waals surface area contributed by atoms with Crippen LogP contribution in [0, 0.1) is 0 Å². The van der Waals surface area contributed by atoms with E-state index in [2.05, 4.69) is 4.72 Å². The van der Waals surface area contributed by atoms with Crippen LogP contribution in [0.1, 0.15) is 39.0 Å². The van der Waals surface area contributed by atoms with Crippen LogP contribution in [0.15, 0.2) is 0 Å². The van der Waals surface area contributed by atoms with Gasteiger partial charge in [-0.25, -0.2) is 13.1 Å². The third kappa shape index (κ3) is 4.09. The molecule has 1 rings (SSSR count). The largest absolute Gasteiger partial charge is 0.380 e. The maximum atomic E-state index is 11.8. The average Bonchev–Trinajstić information content (AvgIpc) is 2.27. The molecule has 0 heterocycles. The van der Waals surface area contributed by atoms with Crippen LogP contribution >= 0.6 is 0 Å². The molecule has 0 amide bonds. The highest BCUT2D eigenvalue weighted by Crippen LogP contribution is 2.22. The summed E-state index contributed by atoms with van der Waals surface area (Å²) in [5.41, 5.74) is 0. The lowest BCUT2D eigenvalue weighted by Gasteiger charge is -2.22. The van der Waals surface area contributed by atoms with Crippen LogP contribution in [0.4, 0.5) is 0 Å². The van der Waals surface area contributed by atoms with E-state index in [-0.39, 0.29) is 11.4 Å². The molecular weight excluding hydrogens is 214 g/mol. The van der Waals surface area contributed by atoms with Gasteiger partial charge in [-0.15, -0.1) is 0 Å². The van der Waals surface area contributed by atoms with Gasteiger partial charge in [-0.2, -0.15) is 0 Å². The van der Waals surface area contributed by atoms with Gasteiger partial charge in [0, 0.05) is 13.7 Å². The standard InChI is InChI=1S/C10H21NO3S/c1-9(14-2)8-11-15(12,13)10-6-4-3-5-7-10/h9-11H,3-8H2,1-2H3. The topological polar surface area (TPSA) is 55.4 Å². The van der Waals surface area contributed by atoms with Crippen molar-refractivity contribution >= 4 is 10.0 Å². The lowest BCUT2D eigenvalue weighted by atomic mass is 10.0. The molecule has 15 heavy (non-hydrogen) atoms. The molecule has 1 atom stereocenters. The minimum Gasteiger partial charge on any atom is -0.380 e. The molecular formula is C10H21NO3S. The number of methoxy groups -OCH3 is 1. The summed E-state index contributed by atoms with van der Waals surface area (Å²) in [7, 11) is -1.54. The predicted octanol–water partition coefficient (Wildman–Crippen LogP) is 1.27. The van der Waals surface area contributed by atoms with Crippen molar-refractivity contribution in [1.82, 2.24) is 4.72 Å². The van der Waals surface area contributed by atoms with Crippen molar-refractivity contribution in [3.63, 3.8) is 0 Å². The van der Waals surface area contributed by atoms with Gasteiger partial charge in [-0.05, 0) is 19.8 Å². The maximum absolute atomic E-state index is 11.8. The summed E-state index contributed by atoms with van der Waals surface area (Å²) in [5, 5.41) is -0.185. The summed E-state index contributed by atoms with van der Waals surface area (Å²) in [6, 6.07) is 0. The highest BCUT2D eigenvalue weighted by molar-refractivity contribution is 7.90. The van der Waals surface area contributed by atoms with Crippen molar-refractivity contribution in [2.45, 2.75) is 50.4 Å². The van der Waals surface area contributed by atoms with Crippen LogP contribution in [0.3, 0.4) is 0 Å². The van der Waals surface area contributed by atoms with Gasteiger partial charge < -0.3 is 4.74 Å². The third-order valence-corrected chi connectivity index (χ3v) is 4.88. The molecule has 0 aromatic heterocycles. The second-order valence-electron chi connectivity index (χ2n) is 4.20. The van der Waals surface area contributed by atoms with E-state index in [1.807, 2.05) is 6.92 Å². The van der Waals surface area contributed by atoms with Gasteiger partial charge in [0.05, 0.1) is 11.4 Å². The van der Waals surface area contributed by atoms with Crippen LogP contribution in [-0.4, -0.2) is 33.4 Å². The summed E-state index contributed by atoms with van der Waals surface area (Å²) < 4.78 is 31.3. The van der Waals surface area contributed by atoms with E-state index in [4.69, 9.17) is 4.74 Å². The molecule has 90 valence electrons. The Labute approximate surface area is 92.4 Å². The van der Waals surface area contributed by atoms with E-state index in [1.54, 1.807) is 7.11 Å². The second kappa shape index (κ2) is 5.82. The molecule has 1 saturated carbocycles. The molecule has 0 aromatic carbocycles. The summed E-state index contributed by atoms with van der Waals surface area (Å²) in [6.07, 6.45) is 4.77. The van der Waals surface area contributed by atoms with Gasteiger partial charge >= 0.3 is 0 Å². The molecule has 0 radical (unpaired) electrons. The van der Waals surface area contributed by atoms with E-state index in [0.29, 0.717) is 6.54 Å². The van der Waals surface area contributed by atoms with Crippen molar-refractivity contribution in [3.8, 4) is 0 Å². The molecule has 0 bridgehead atoms. The Morgan fingerprint density at radius 3 is 2.47 bits per heavy atom. The first-order valence-corrected chi connectivity index (χ1v) is 7.12. The van der Waals surface area contributed by atoms with E-state index in [9.17, 15) is 8.42 Å². The minimum absolute atomic E-state index is 0.0663. The van der Waals surface area contributed by atoms with Gasteiger partial charge in [0.2, 0.25) is 10.0 Å². The first-order chi connectivity index (χ1) is 7.06. The lowest BCUT2D eigenvalue weighted by Crippen LogP contribution is -2.39. The highest BCUT2D eigenvalue weighted by atomic mass is 32.2. The molecule has 4 nitrogen and oxygen atoms in total. The van der Waals surface area contributed by atoms with Gasteiger partial charge in [-0.3, -0.25) is 0 Å². The van der Waals surface area contributed by atoms with Gasteiger partial charge in [0.15, 0.2) is 0 Å². The van der Waals surface area contributed by atoms with Gasteiger partial charge in [-0.1, -0.05) is 19.3 Å². The van der Waals surface area contributed by atoms with Crippen LogP contribution in [0.2, 0.25) is 0 Å². The Hall–Kier alpha value is -0.130. The summed E-state index contributed by atoms with van der Waals surface area (Å²) in [4.78, 5) is 0. The fourth-order valence-corrected chi connectivity index (χ4v) is 3.47. The van der Waals surface area contributed by atoms with Crippen molar-refractivity contribution < 1.29 is 13.2 Å². The average molecular weight is 235 g/mol. The number of hydrogen-bond donors (Lipinski definition) is 1. The molecule has 1 aliphatic rings. The van der Waals surface area contributed by atoms with Crippen LogP contribution in [-0.2, 0) is 14.8 Å². The molecule has 0 aliphatic heterocycles. The maximum Gasteiger partial charge on any atom is 0.214 e. The molecule has 1 aliphatic carbocycles. The van der Waals surface area contributed by atoms with Crippen molar-refractivity contribution in [3.05, 3.63) is 0 Å². The SMILES string of the molecule is COC(C)CNS(=O)(=O)C1CCCCC1. The normalized spacial score (nSPS) is 21.5. The molecule has 1 N–H and O–H groups in total. The molecule has 1 unspecified atom stereocenters. The Balaban J connectivity index is 2.43. The summed E-state index contributed by atoms with van der Waals surface area (Å²) >= 11 is 0. The molecule has 1 fully saturated rings. The van der Waals surface area contributed by atoms with E-state index in [1.165, 1.54) is 6.42 Å². The smallest absolute Gasteiger partial charge is 0.214 e. The molecule has 0 spiro atoms. The predicted molar refractivity (Wildman–Crippen MR) is 60.3 cm³/mol. The van der Waals surface area contributed by atoms with Crippen molar-refractivity contribution in [2.24, 2.45) is 0 Å². The fraction of sp³-hybridized carbons (Fsp3) is 1.00. The Morgan fingerprint density at radius 2 is 1.93 bits per heavy atom. The van der Waals surface area contributed by atoms with Gasteiger partial charge in [0.25, 0.3) is 0 Å². The summed E-state index contributed by atoms with van der Waals surface area (Å²) in [6.45, 7) is 2.22.